The Balaban J connectivity index is 2.18. The molecule has 0 atom stereocenters. The molecular formula is C16H22N4. The molecule has 0 saturated carbocycles. The summed E-state index contributed by atoms with van der Waals surface area (Å²) in [6.45, 7) is 9.23. The number of nitrogens with zero attached hydrogens (tertiary/aromatic N) is 2. The van der Waals surface area contributed by atoms with Crippen molar-refractivity contribution in [3.63, 3.8) is 0 Å². The molecule has 0 aliphatic carbocycles. The van der Waals surface area contributed by atoms with Gasteiger partial charge in [-0.15, -0.1) is 0 Å². The molecule has 0 unspecified atom stereocenters. The Kier molecular flexibility index (Phi) is 4.56. The minimum Gasteiger partial charge on any atom is -0.354 e. The number of benzene rings is 1. The Morgan fingerprint density at radius 1 is 1.15 bits per heavy atom. The van der Waals surface area contributed by atoms with Crippen LogP contribution >= 0.6 is 0 Å². The average molecular weight is 270 g/mol. The molecule has 0 fully saturated rings. The van der Waals surface area contributed by atoms with Gasteiger partial charge in [0.2, 0.25) is 5.95 Å². The first-order chi connectivity index (χ1) is 9.60. The lowest BCUT2D eigenvalue weighted by molar-refractivity contribution is 0.867. The van der Waals surface area contributed by atoms with E-state index < -0.39 is 0 Å². The molecule has 20 heavy (non-hydrogen) atoms. The topological polar surface area (TPSA) is 49.8 Å². The first-order valence-electron chi connectivity index (χ1n) is 7.04. The van der Waals surface area contributed by atoms with E-state index in [1.54, 1.807) is 0 Å². The van der Waals surface area contributed by atoms with Crippen LogP contribution in [0.25, 0.3) is 0 Å². The van der Waals surface area contributed by atoms with E-state index in [0.29, 0.717) is 11.9 Å². The fraction of sp³-hybridized carbons (Fsp3) is 0.375. The summed E-state index contributed by atoms with van der Waals surface area (Å²) in [5, 5.41) is 6.47. The predicted molar refractivity (Wildman–Crippen MR) is 84.7 cm³/mol. The maximum absolute atomic E-state index is 4.48. The van der Waals surface area contributed by atoms with Crippen LogP contribution in [-0.4, -0.2) is 16.5 Å². The molecular weight excluding hydrogens is 248 g/mol. The predicted octanol–water partition coefficient (Wildman–Crippen LogP) is 4.08. The zero-order chi connectivity index (χ0) is 14.5. The second-order valence-corrected chi connectivity index (χ2v) is 5.16. The van der Waals surface area contributed by atoms with Gasteiger partial charge < -0.3 is 10.6 Å². The second-order valence-electron chi connectivity index (χ2n) is 5.16. The third-order valence-corrected chi connectivity index (χ3v) is 3.15. The maximum Gasteiger partial charge on any atom is 0.224 e. The molecule has 4 nitrogen and oxygen atoms in total. The van der Waals surface area contributed by atoms with E-state index >= 15 is 0 Å². The average Bonchev–Trinajstić information content (AvgIpc) is 2.43. The third kappa shape index (κ3) is 3.47. The van der Waals surface area contributed by atoms with Crippen molar-refractivity contribution in [1.29, 1.82) is 0 Å². The highest BCUT2D eigenvalue weighted by Gasteiger charge is 2.04. The summed E-state index contributed by atoms with van der Waals surface area (Å²) >= 11 is 0. The number of nitrogens with one attached hydrogen (secondary N) is 2. The van der Waals surface area contributed by atoms with Crippen LogP contribution in [0.2, 0.25) is 0 Å². The molecule has 0 radical (unpaired) electrons. The van der Waals surface area contributed by atoms with Crippen molar-refractivity contribution in [2.45, 2.75) is 33.6 Å². The minimum atomic E-state index is 0.546. The molecule has 4 heteroatoms. The number of hydrogen-bond donors (Lipinski definition) is 2. The Labute approximate surface area is 120 Å². The van der Waals surface area contributed by atoms with Crippen LogP contribution in [0.1, 0.15) is 37.8 Å². The molecule has 1 heterocycles. The molecule has 0 aliphatic heterocycles. The van der Waals surface area contributed by atoms with Crippen LogP contribution < -0.4 is 10.6 Å². The Morgan fingerprint density at radius 2 is 1.85 bits per heavy atom. The van der Waals surface area contributed by atoms with Crippen LogP contribution in [0.5, 0.6) is 0 Å². The highest BCUT2D eigenvalue weighted by Crippen LogP contribution is 2.21. The van der Waals surface area contributed by atoms with E-state index in [0.717, 1.165) is 23.6 Å². The third-order valence-electron chi connectivity index (χ3n) is 3.15. The molecule has 0 bridgehead atoms. The fourth-order valence-corrected chi connectivity index (χ4v) is 1.90. The standard InChI is InChI=1S/C16H22N4/c1-5-17-16-18-10-12(4)15(20-16)19-14-8-6-13(7-9-14)11(2)3/h6-11H,5H2,1-4H3,(H2,17,18,19,20). The molecule has 106 valence electrons. The van der Waals surface area contributed by atoms with Gasteiger partial charge in [0.15, 0.2) is 0 Å². The number of aryl methyl sites for hydroxylation is 1. The largest absolute Gasteiger partial charge is 0.354 e. The molecule has 2 rings (SSSR count). The summed E-state index contributed by atoms with van der Waals surface area (Å²) in [5.41, 5.74) is 3.40. The normalized spacial score (nSPS) is 10.7. The Bertz CT molecular complexity index is 561. The van der Waals surface area contributed by atoms with Crippen molar-refractivity contribution in [3.05, 3.63) is 41.6 Å². The summed E-state index contributed by atoms with van der Waals surface area (Å²) < 4.78 is 0. The molecule has 2 N–H and O–H groups in total. The van der Waals surface area contributed by atoms with Crippen LogP contribution in [0.3, 0.4) is 0 Å². The van der Waals surface area contributed by atoms with Gasteiger partial charge in [-0.2, -0.15) is 4.98 Å². The summed E-state index contributed by atoms with van der Waals surface area (Å²) in [7, 11) is 0. The fourth-order valence-electron chi connectivity index (χ4n) is 1.90. The van der Waals surface area contributed by atoms with Crippen LogP contribution in [0.4, 0.5) is 17.5 Å². The van der Waals surface area contributed by atoms with E-state index in [1.807, 2.05) is 20.0 Å². The Morgan fingerprint density at radius 3 is 2.45 bits per heavy atom. The monoisotopic (exact) mass is 270 g/mol. The van der Waals surface area contributed by atoms with E-state index in [9.17, 15) is 0 Å². The van der Waals surface area contributed by atoms with Crippen molar-refractivity contribution < 1.29 is 0 Å². The quantitative estimate of drug-likeness (QED) is 0.859. The van der Waals surface area contributed by atoms with Gasteiger partial charge in [0.25, 0.3) is 0 Å². The number of anilines is 3. The van der Waals surface area contributed by atoms with Crippen molar-refractivity contribution in [2.75, 3.05) is 17.2 Å². The lowest BCUT2D eigenvalue weighted by atomic mass is 10.0. The number of hydrogen-bond acceptors (Lipinski definition) is 4. The first-order valence-corrected chi connectivity index (χ1v) is 7.04. The molecule has 0 aliphatic rings. The maximum atomic E-state index is 4.48. The Hall–Kier alpha value is -2.10. The summed E-state index contributed by atoms with van der Waals surface area (Å²) in [6, 6.07) is 8.47. The molecule has 1 aromatic carbocycles. The van der Waals surface area contributed by atoms with E-state index in [-0.39, 0.29) is 0 Å². The molecule has 2 aromatic rings. The smallest absolute Gasteiger partial charge is 0.224 e. The van der Waals surface area contributed by atoms with Crippen molar-refractivity contribution in [1.82, 2.24) is 9.97 Å². The van der Waals surface area contributed by atoms with E-state index in [2.05, 4.69) is 58.7 Å². The van der Waals surface area contributed by atoms with Crippen LogP contribution in [-0.2, 0) is 0 Å². The van der Waals surface area contributed by atoms with Gasteiger partial charge in [0, 0.05) is 24.0 Å². The second kappa shape index (κ2) is 6.37. The van der Waals surface area contributed by atoms with Gasteiger partial charge in [-0.3, -0.25) is 0 Å². The van der Waals surface area contributed by atoms with Gasteiger partial charge in [0.05, 0.1) is 0 Å². The number of rotatable bonds is 5. The SMILES string of the molecule is CCNc1ncc(C)c(Nc2ccc(C(C)C)cc2)n1. The molecule has 0 amide bonds. The van der Waals surface area contributed by atoms with Gasteiger partial charge in [-0.25, -0.2) is 4.98 Å². The first kappa shape index (κ1) is 14.3. The van der Waals surface area contributed by atoms with Crippen molar-refractivity contribution in [3.8, 4) is 0 Å². The molecule has 0 saturated heterocycles. The zero-order valence-electron chi connectivity index (χ0n) is 12.6. The van der Waals surface area contributed by atoms with Crippen molar-refractivity contribution in [2.24, 2.45) is 0 Å². The summed E-state index contributed by atoms with van der Waals surface area (Å²) in [6.07, 6.45) is 1.83. The lowest BCUT2D eigenvalue weighted by Crippen LogP contribution is -2.05. The zero-order valence-corrected chi connectivity index (χ0v) is 12.6. The van der Waals surface area contributed by atoms with Gasteiger partial charge >= 0.3 is 0 Å². The number of aromatic nitrogens is 2. The lowest BCUT2D eigenvalue weighted by Gasteiger charge is -2.11. The van der Waals surface area contributed by atoms with Crippen LogP contribution in [0.15, 0.2) is 30.5 Å². The molecule has 0 spiro atoms. The van der Waals surface area contributed by atoms with Crippen molar-refractivity contribution >= 4 is 17.5 Å². The highest BCUT2D eigenvalue weighted by molar-refractivity contribution is 5.60. The van der Waals surface area contributed by atoms with E-state index in [1.165, 1.54) is 5.56 Å². The van der Waals surface area contributed by atoms with E-state index in [4.69, 9.17) is 0 Å². The van der Waals surface area contributed by atoms with Gasteiger partial charge in [0.1, 0.15) is 5.82 Å². The van der Waals surface area contributed by atoms with Gasteiger partial charge in [-0.1, -0.05) is 26.0 Å². The summed E-state index contributed by atoms with van der Waals surface area (Å²) in [5.74, 6) is 2.04. The minimum absolute atomic E-state index is 0.546. The highest BCUT2D eigenvalue weighted by atomic mass is 15.1. The summed E-state index contributed by atoms with van der Waals surface area (Å²) in [4.78, 5) is 8.73. The molecule has 1 aromatic heterocycles. The van der Waals surface area contributed by atoms with Crippen LogP contribution in [0, 0.1) is 6.92 Å². The van der Waals surface area contributed by atoms with Gasteiger partial charge in [-0.05, 0) is 37.5 Å².